The minimum Gasteiger partial charge on any atom is -0.303 e. The van der Waals surface area contributed by atoms with Crippen molar-refractivity contribution in [1.29, 1.82) is 0 Å². The highest BCUT2D eigenvalue weighted by atomic mass is 19.3. The highest BCUT2D eigenvalue weighted by Gasteiger charge is 2.28. The van der Waals surface area contributed by atoms with Gasteiger partial charge in [0.05, 0.1) is 0 Å². The summed E-state index contributed by atoms with van der Waals surface area (Å²) in [6.07, 6.45) is 12.7. The van der Waals surface area contributed by atoms with E-state index in [1.807, 2.05) is 12.1 Å². The van der Waals surface area contributed by atoms with Crippen molar-refractivity contribution in [3.8, 4) is 0 Å². The minimum atomic E-state index is -2.71. The average Bonchev–Trinajstić information content (AvgIpc) is 3.00. The lowest BCUT2D eigenvalue weighted by molar-refractivity contribution is -0.119. The molecule has 0 fully saturated rings. The Labute approximate surface area is 261 Å². The number of fused-ring (bicyclic) bond motifs is 2. The maximum Gasteiger partial charge on any atom is 0.248 e. The molecule has 0 atom stereocenters. The van der Waals surface area contributed by atoms with Gasteiger partial charge < -0.3 is 9.59 Å². The van der Waals surface area contributed by atoms with Crippen molar-refractivity contribution in [2.24, 2.45) is 0 Å². The van der Waals surface area contributed by atoms with E-state index >= 15 is 0 Å². The molecular formula is C36H52F4N2O2. The topological polar surface area (TPSA) is 59.9 Å². The van der Waals surface area contributed by atoms with E-state index in [1.165, 1.54) is 55.1 Å². The van der Waals surface area contributed by atoms with Gasteiger partial charge in [-0.15, -0.1) is 0 Å². The number of halogens is 4. The Morgan fingerprint density at radius 3 is 1.61 bits per heavy atom. The Balaban J connectivity index is 0.000000300. The van der Waals surface area contributed by atoms with E-state index in [4.69, 9.17) is 0 Å². The number of unbranched alkanes of at least 4 members (excludes halogenated alkanes) is 2. The van der Waals surface area contributed by atoms with Crippen molar-refractivity contribution in [3.05, 3.63) is 58.2 Å². The van der Waals surface area contributed by atoms with Gasteiger partial charge in [0.25, 0.3) is 0 Å². The third-order valence-electron chi connectivity index (χ3n) is 8.39. The molecule has 0 spiro atoms. The van der Waals surface area contributed by atoms with Crippen LogP contribution < -0.4 is 0 Å². The normalized spacial score (nSPS) is 14.4. The fourth-order valence-electron chi connectivity index (χ4n) is 5.79. The molecule has 0 aromatic carbocycles. The first-order chi connectivity index (χ1) is 20.6. The number of nitrogens with zero attached hydrogens (tertiary/aromatic N) is 2. The predicted molar refractivity (Wildman–Crippen MR) is 169 cm³/mol. The largest absolute Gasteiger partial charge is 0.303 e. The second-order valence-electron chi connectivity index (χ2n) is 12.3. The van der Waals surface area contributed by atoms with Gasteiger partial charge in [-0.1, -0.05) is 19.6 Å². The smallest absolute Gasteiger partial charge is 0.248 e. The van der Waals surface area contributed by atoms with Gasteiger partial charge in [0.1, 0.15) is 12.1 Å². The van der Waals surface area contributed by atoms with Crippen molar-refractivity contribution in [3.63, 3.8) is 0 Å². The van der Waals surface area contributed by atoms with Gasteiger partial charge in [-0.3, -0.25) is 9.97 Å². The summed E-state index contributed by atoms with van der Waals surface area (Å²) in [5, 5.41) is 0. The van der Waals surface area contributed by atoms with Gasteiger partial charge in [0, 0.05) is 61.3 Å². The first kappa shape index (κ1) is 37.5. The Hall–Kier alpha value is -2.64. The maximum absolute atomic E-state index is 13.6. The number of hydrogen-bond donors (Lipinski definition) is 0. The number of Topliss-reactive ketones (excluding diaryl/α,β-unsaturated/α-hetero) is 1. The van der Waals surface area contributed by atoms with Crippen LogP contribution in [0.3, 0.4) is 0 Å². The molecule has 2 aromatic heterocycles. The van der Waals surface area contributed by atoms with Crippen LogP contribution in [0.1, 0.15) is 138 Å². The lowest BCUT2D eigenvalue weighted by Crippen LogP contribution is -2.17. The lowest BCUT2D eigenvalue weighted by Gasteiger charge is -2.16. The van der Waals surface area contributed by atoms with Gasteiger partial charge in [-0.25, -0.2) is 17.6 Å². The van der Waals surface area contributed by atoms with Crippen LogP contribution in [-0.2, 0) is 48.1 Å². The SMILES string of the molecule is C.CC(=O)CCC(F)(F)CCCCc1ccc2c(n1)CCCC2.O=CCCC(F)(F)CCCCc1ccc2c(n1)CCCC2. The fourth-order valence-corrected chi connectivity index (χ4v) is 5.79. The number of carbonyl (C=O) groups excluding carboxylic acids is 2. The molecule has 0 amide bonds. The van der Waals surface area contributed by atoms with Crippen LogP contribution in [0.2, 0.25) is 0 Å². The standard InChI is InChI=1S/C18H25F2NO.C17H23F2NO.CH4/c1-14(22)11-13-18(19,20)12-5-4-7-16-10-9-15-6-2-3-8-17(15)21-16;18-17(19,12-5-13-21)11-4-3-7-15-10-9-14-6-1-2-8-16(14)20-15;/h9-10H,2-8,11-13H2,1H3;9-10,13H,1-8,11-12H2;1H4. The Bertz CT molecular complexity index is 1170. The van der Waals surface area contributed by atoms with Crippen LogP contribution in [-0.4, -0.2) is 33.9 Å². The molecule has 2 aromatic rings. The zero-order valence-electron chi connectivity index (χ0n) is 25.8. The number of alkyl halides is 4. The third kappa shape index (κ3) is 14.0. The highest BCUT2D eigenvalue weighted by molar-refractivity contribution is 5.75. The molecule has 246 valence electrons. The Morgan fingerprint density at radius 1 is 0.705 bits per heavy atom. The quantitative estimate of drug-likeness (QED) is 0.107. The summed E-state index contributed by atoms with van der Waals surface area (Å²) >= 11 is 0. The molecule has 0 bridgehead atoms. The Kier molecular flexibility index (Phi) is 16.2. The molecule has 2 heterocycles. The number of hydrogen-bond acceptors (Lipinski definition) is 4. The second kappa shape index (κ2) is 19.0. The van der Waals surface area contributed by atoms with Crippen LogP contribution in [0.5, 0.6) is 0 Å². The molecule has 0 radical (unpaired) electrons. The molecule has 4 nitrogen and oxygen atoms in total. The molecule has 0 N–H and O–H groups in total. The molecule has 2 aliphatic carbocycles. The summed E-state index contributed by atoms with van der Waals surface area (Å²) in [5.41, 5.74) is 7.15. The van der Waals surface area contributed by atoms with E-state index in [0.717, 1.165) is 62.8 Å². The fraction of sp³-hybridized carbons (Fsp3) is 0.667. The minimum absolute atomic E-state index is 0. The summed E-state index contributed by atoms with van der Waals surface area (Å²) < 4.78 is 53.9. The first-order valence-electron chi connectivity index (χ1n) is 16.2. The van der Waals surface area contributed by atoms with Gasteiger partial charge in [-0.05, 0) is 120 Å². The number of carbonyl (C=O) groups is 2. The molecular weight excluding hydrogens is 568 g/mol. The monoisotopic (exact) mass is 620 g/mol. The van der Waals surface area contributed by atoms with E-state index in [0.29, 0.717) is 19.1 Å². The van der Waals surface area contributed by atoms with Gasteiger partial charge in [-0.2, -0.15) is 0 Å². The van der Waals surface area contributed by atoms with Gasteiger partial charge in [0.2, 0.25) is 11.8 Å². The van der Waals surface area contributed by atoms with Gasteiger partial charge in [0.15, 0.2) is 0 Å². The van der Waals surface area contributed by atoms with Gasteiger partial charge >= 0.3 is 0 Å². The molecule has 8 heteroatoms. The molecule has 2 aliphatic rings. The van der Waals surface area contributed by atoms with Crippen molar-refractivity contribution in [1.82, 2.24) is 9.97 Å². The predicted octanol–water partition coefficient (Wildman–Crippen LogP) is 9.60. The summed E-state index contributed by atoms with van der Waals surface area (Å²) in [6, 6.07) is 8.38. The van der Waals surface area contributed by atoms with Crippen LogP contribution in [0.4, 0.5) is 17.6 Å². The van der Waals surface area contributed by atoms with Crippen LogP contribution in [0, 0.1) is 0 Å². The van der Waals surface area contributed by atoms with Crippen LogP contribution in [0.15, 0.2) is 24.3 Å². The average molecular weight is 621 g/mol. The van der Waals surface area contributed by atoms with E-state index in [1.54, 1.807) is 0 Å². The number of rotatable bonds is 16. The van der Waals surface area contributed by atoms with Crippen molar-refractivity contribution >= 4 is 12.1 Å². The van der Waals surface area contributed by atoms with Crippen molar-refractivity contribution in [2.45, 2.75) is 155 Å². The number of ketones is 1. The third-order valence-corrected chi connectivity index (χ3v) is 8.39. The van der Waals surface area contributed by atoms with Crippen LogP contribution in [0.25, 0.3) is 0 Å². The van der Waals surface area contributed by atoms with E-state index in [2.05, 4.69) is 22.1 Å². The summed E-state index contributed by atoms with van der Waals surface area (Å²) in [4.78, 5) is 30.3. The molecule has 0 saturated carbocycles. The van der Waals surface area contributed by atoms with Crippen LogP contribution >= 0.6 is 0 Å². The number of aldehydes is 1. The molecule has 44 heavy (non-hydrogen) atoms. The van der Waals surface area contributed by atoms with E-state index in [-0.39, 0.29) is 51.7 Å². The highest BCUT2D eigenvalue weighted by Crippen LogP contribution is 2.28. The summed E-state index contributed by atoms with van der Waals surface area (Å²) in [7, 11) is 0. The number of pyridine rings is 2. The van der Waals surface area contributed by atoms with Crippen molar-refractivity contribution < 1.29 is 27.2 Å². The zero-order valence-corrected chi connectivity index (χ0v) is 25.8. The molecule has 0 saturated heterocycles. The summed E-state index contributed by atoms with van der Waals surface area (Å²) in [5.74, 6) is -5.59. The van der Waals surface area contributed by atoms with Crippen molar-refractivity contribution in [2.75, 3.05) is 0 Å². The molecule has 4 rings (SSSR count). The maximum atomic E-state index is 13.6. The summed E-state index contributed by atoms with van der Waals surface area (Å²) in [6.45, 7) is 1.36. The number of aromatic nitrogens is 2. The van der Waals surface area contributed by atoms with E-state index in [9.17, 15) is 27.2 Å². The second-order valence-corrected chi connectivity index (χ2v) is 12.3. The zero-order chi connectivity index (χ0) is 31.1. The number of aryl methyl sites for hydroxylation is 6. The lowest BCUT2D eigenvalue weighted by atomic mass is 9.95. The first-order valence-corrected chi connectivity index (χ1v) is 16.2. The van der Waals surface area contributed by atoms with E-state index < -0.39 is 11.8 Å². The Morgan fingerprint density at radius 2 is 1.16 bits per heavy atom. The molecule has 0 aliphatic heterocycles. The molecule has 0 unspecified atom stereocenters.